The van der Waals surface area contributed by atoms with Crippen molar-refractivity contribution >= 4 is 0 Å². The van der Waals surface area contributed by atoms with Crippen molar-refractivity contribution in [1.29, 1.82) is 0 Å². The summed E-state index contributed by atoms with van der Waals surface area (Å²) in [6.45, 7) is 6.54. The highest BCUT2D eigenvalue weighted by molar-refractivity contribution is 4.80. The molecule has 0 aromatic carbocycles. The molecule has 0 aromatic rings. The first kappa shape index (κ1) is 13.9. The fourth-order valence-corrected chi connectivity index (χ4v) is 2.33. The maximum absolute atomic E-state index is 9.17. The van der Waals surface area contributed by atoms with E-state index >= 15 is 0 Å². The number of likely N-dealkylation sites (tertiary alicyclic amines) is 1. The Hall–Kier alpha value is -0.160. The van der Waals surface area contributed by atoms with E-state index in [0.717, 1.165) is 0 Å². The van der Waals surface area contributed by atoms with Gasteiger partial charge in [0, 0.05) is 13.2 Å². The third-order valence-electron chi connectivity index (χ3n) is 3.19. The van der Waals surface area contributed by atoms with Crippen LogP contribution in [0.5, 0.6) is 0 Å². The zero-order chi connectivity index (χ0) is 11.8. The van der Waals surface area contributed by atoms with Gasteiger partial charge in [-0.25, -0.2) is 0 Å². The molecule has 0 amide bonds. The van der Waals surface area contributed by atoms with E-state index in [2.05, 4.69) is 17.1 Å². The minimum absolute atomic E-state index is 0.0905. The molecule has 2 N–H and O–H groups in total. The number of methoxy groups -OCH3 is 1. The topological polar surface area (TPSA) is 44.7 Å². The van der Waals surface area contributed by atoms with Crippen molar-refractivity contribution in [1.82, 2.24) is 10.2 Å². The van der Waals surface area contributed by atoms with Gasteiger partial charge in [0.05, 0.1) is 19.3 Å². The molecule has 1 heterocycles. The van der Waals surface area contributed by atoms with E-state index in [1.165, 1.54) is 38.9 Å². The number of hydrogen-bond donors (Lipinski definition) is 2. The lowest BCUT2D eigenvalue weighted by Crippen LogP contribution is -2.48. The Balaban J connectivity index is 2.20. The van der Waals surface area contributed by atoms with Crippen molar-refractivity contribution in [3.63, 3.8) is 0 Å². The molecule has 0 spiro atoms. The average molecular weight is 230 g/mol. The molecule has 1 saturated heterocycles. The van der Waals surface area contributed by atoms with Crippen LogP contribution < -0.4 is 5.32 Å². The fraction of sp³-hybridized carbons (Fsp3) is 1.00. The molecule has 0 saturated carbocycles. The van der Waals surface area contributed by atoms with Crippen molar-refractivity contribution in [2.45, 2.75) is 38.3 Å². The lowest BCUT2D eigenvalue weighted by Gasteiger charge is -2.34. The highest BCUT2D eigenvalue weighted by atomic mass is 16.5. The Labute approximate surface area is 99.0 Å². The van der Waals surface area contributed by atoms with E-state index in [1.54, 1.807) is 7.11 Å². The number of ether oxygens (including phenoxy) is 1. The number of rotatable bonds is 7. The first-order valence-electron chi connectivity index (χ1n) is 6.38. The number of nitrogens with zero attached hydrogens (tertiary/aromatic N) is 1. The van der Waals surface area contributed by atoms with Gasteiger partial charge in [0.25, 0.3) is 0 Å². The number of aliphatic hydroxyl groups excluding tert-OH is 1. The molecule has 1 rings (SSSR count). The van der Waals surface area contributed by atoms with Crippen LogP contribution in [0.1, 0.15) is 26.2 Å². The lowest BCUT2D eigenvalue weighted by molar-refractivity contribution is 0.109. The van der Waals surface area contributed by atoms with E-state index in [9.17, 15) is 5.11 Å². The van der Waals surface area contributed by atoms with Gasteiger partial charge in [-0.05, 0) is 38.9 Å². The molecule has 0 aliphatic carbocycles. The summed E-state index contributed by atoms with van der Waals surface area (Å²) in [4.78, 5) is 2.52. The summed E-state index contributed by atoms with van der Waals surface area (Å²) < 4.78 is 5.06. The number of aliphatic hydroxyl groups is 1. The van der Waals surface area contributed by atoms with Crippen molar-refractivity contribution in [2.24, 2.45) is 0 Å². The normalized spacial score (nSPS) is 21.2. The molecule has 4 heteroatoms. The van der Waals surface area contributed by atoms with Gasteiger partial charge >= 0.3 is 0 Å². The Morgan fingerprint density at radius 3 is 2.62 bits per heavy atom. The van der Waals surface area contributed by atoms with Crippen LogP contribution in [0.4, 0.5) is 0 Å². The smallest absolute Gasteiger partial charge is 0.0638 e. The van der Waals surface area contributed by atoms with Gasteiger partial charge in [0.2, 0.25) is 0 Å². The monoisotopic (exact) mass is 230 g/mol. The first-order valence-corrected chi connectivity index (χ1v) is 6.38. The van der Waals surface area contributed by atoms with E-state index < -0.39 is 0 Å². The predicted octanol–water partition coefficient (Wildman–Crippen LogP) is 0.458. The summed E-state index contributed by atoms with van der Waals surface area (Å²) in [6, 6.07) is 0.633. The summed E-state index contributed by atoms with van der Waals surface area (Å²) >= 11 is 0. The maximum Gasteiger partial charge on any atom is 0.0638 e. The SMILES string of the molecule is CCCN1CCC(NC(CO)COC)CC1. The second-order valence-corrected chi connectivity index (χ2v) is 4.62. The molecular formula is C12H26N2O2. The quantitative estimate of drug-likeness (QED) is 0.667. The fourth-order valence-electron chi connectivity index (χ4n) is 2.33. The highest BCUT2D eigenvalue weighted by Crippen LogP contribution is 2.11. The van der Waals surface area contributed by atoms with Gasteiger partial charge in [0.15, 0.2) is 0 Å². The molecule has 4 nitrogen and oxygen atoms in total. The van der Waals surface area contributed by atoms with Crippen LogP contribution >= 0.6 is 0 Å². The Kier molecular flexibility index (Phi) is 6.96. The zero-order valence-corrected chi connectivity index (χ0v) is 10.6. The number of nitrogens with one attached hydrogen (secondary N) is 1. The summed E-state index contributed by atoms with van der Waals surface area (Å²) in [6.07, 6.45) is 3.60. The maximum atomic E-state index is 9.17. The molecule has 0 aromatic heterocycles. The average Bonchev–Trinajstić information content (AvgIpc) is 2.31. The Morgan fingerprint density at radius 2 is 2.12 bits per heavy atom. The van der Waals surface area contributed by atoms with Crippen LogP contribution in [-0.4, -0.2) is 62.0 Å². The standard InChI is InChI=1S/C12H26N2O2/c1-3-6-14-7-4-11(5-8-14)13-12(9-15)10-16-2/h11-13,15H,3-10H2,1-2H3. The van der Waals surface area contributed by atoms with Gasteiger partial charge in [-0.3, -0.25) is 0 Å². The summed E-state index contributed by atoms with van der Waals surface area (Å²) in [7, 11) is 1.67. The molecule has 1 aliphatic heterocycles. The Morgan fingerprint density at radius 1 is 1.44 bits per heavy atom. The predicted molar refractivity (Wildman–Crippen MR) is 65.6 cm³/mol. The van der Waals surface area contributed by atoms with Crippen LogP contribution in [0.25, 0.3) is 0 Å². The van der Waals surface area contributed by atoms with Crippen LogP contribution in [-0.2, 0) is 4.74 Å². The molecule has 1 aliphatic rings. The molecule has 1 fully saturated rings. The zero-order valence-electron chi connectivity index (χ0n) is 10.6. The van der Waals surface area contributed by atoms with Crippen molar-refractivity contribution in [2.75, 3.05) is 40.0 Å². The van der Waals surface area contributed by atoms with Gasteiger partial charge in [-0.2, -0.15) is 0 Å². The van der Waals surface area contributed by atoms with Gasteiger partial charge in [0.1, 0.15) is 0 Å². The molecule has 96 valence electrons. The lowest BCUT2D eigenvalue weighted by atomic mass is 10.0. The van der Waals surface area contributed by atoms with E-state index in [0.29, 0.717) is 12.6 Å². The number of hydrogen-bond acceptors (Lipinski definition) is 4. The van der Waals surface area contributed by atoms with Gasteiger partial charge < -0.3 is 20.1 Å². The van der Waals surface area contributed by atoms with Crippen molar-refractivity contribution < 1.29 is 9.84 Å². The Bertz CT molecular complexity index is 170. The molecule has 1 atom stereocenters. The minimum atomic E-state index is 0.0905. The summed E-state index contributed by atoms with van der Waals surface area (Å²) in [5.41, 5.74) is 0. The largest absolute Gasteiger partial charge is 0.395 e. The van der Waals surface area contributed by atoms with Crippen LogP contribution in [0.15, 0.2) is 0 Å². The van der Waals surface area contributed by atoms with E-state index in [4.69, 9.17) is 4.74 Å². The third-order valence-corrected chi connectivity index (χ3v) is 3.19. The van der Waals surface area contributed by atoms with Crippen LogP contribution in [0, 0.1) is 0 Å². The van der Waals surface area contributed by atoms with E-state index in [-0.39, 0.29) is 12.6 Å². The van der Waals surface area contributed by atoms with Crippen LogP contribution in [0.3, 0.4) is 0 Å². The molecular weight excluding hydrogens is 204 g/mol. The number of piperidine rings is 1. The summed E-state index contributed by atoms with van der Waals surface area (Å²) in [5, 5.41) is 12.6. The highest BCUT2D eigenvalue weighted by Gasteiger charge is 2.20. The third kappa shape index (κ3) is 4.78. The second-order valence-electron chi connectivity index (χ2n) is 4.62. The molecule has 0 radical (unpaired) electrons. The molecule has 1 unspecified atom stereocenters. The second kappa shape index (κ2) is 8.01. The van der Waals surface area contributed by atoms with Gasteiger partial charge in [-0.1, -0.05) is 6.92 Å². The molecule has 0 bridgehead atoms. The van der Waals surface area contributed by atoms with Crippen molar-refractivity contribution in [3.05, 3.63) is 0 Å². The molecule has 16 heavy (non-hydrogen) atoms. The summed E-state index contributed by atoms with van der Waals surface area (Å²) in [5.74, 6) is 0. The van der Waals surface area contributed by atoms with E-state index in [1.807, 2.05) is 0 Å². The van der Waals surface area contributed by atoms with Gasteiger partial charge in [-0.15, -0.1) is 0 Å². The van der Waals surface area contributed by atoms with Crippen LogP contribution in [0.2, 0.25) is 0 Å². The van der Waals surface area contributed by atoms with Crippen molar-refractivity contribution in [3.8, 4) is 0 Å². The minimum Gasteiger partial charge on any atom is -0.395 e. The first-order chi connectivity index (χ1) is 7.80.